The van der Waals surface area contributed by atoms with Gasteiger partial charge in [-0.3, -0.25) is 4.79 Å². The van der Waals surface area contributed by atoms with Crippen LogP contribution < -0.4 is 4.74 Å². The molecule has 34 heavy (non-hydrogen) atoms. The highest BCUT2D eigenvalue weighted by Crippen LogP contribution is 2.56. The number of Topliss-reactive ketones (excluding diaryl/α,β-unsaturated/α-hetero) is 1. The quantitative estimate of drug-likeness (QED) is 0.397. The number of benzene rings is 1. The molecule has 0 unspecified atom stereocenters. The predicted molar refractivity (Wildman–Crippen MR) is 136 cm³/mol. The molecule has 0 radical (unpaired) electrons. The van der Waals surface area contributed by atoms with Crippen LogP contribution in [-0.2, 0) is 11.2 Å². The van der Waals surface area contributed by atoms with E-state index >= 15 is 0 Å². The van der Waals surface area contributed by atoms with Gasteiger partial charge < -0.3 is 20.1 Å². The molecule has 0 aromatic heterocycles. The number of aliphatic hydroxyl groups excluding tert-OH is 1. The van der Waals surface area contributed by atoms with E-state index in [1.54, 1.807) is 0 Å². The number of ether oxygens (including phenoxy) is 1. The van der Waals surface area contributed by atoms with E-state index in [0.717, 1.165) is 16.7 Å². The topological polar surface area (TPSA) is 87.0 Å². The van der Waals surface area contributed by atoms with Crippen molar-refractivity contribution in [3.63, 3.8) is 0 Å². The van der Waals surface area contributed by atoms with Crippen LogP contribution in [0.15, 0.2) is 70.8 Å². The Kier molecular flexibility index (Phi) is 6.97. The van der Waals surface area contributed by atoms with E-state index in [4.69, 9.17) is 4.74 Å². The molecular weight excluding hydrogens is 428 g/mol. The van der Waals surface area contributed by atoms with Gasteiger partial charge in [0.25, 0.3) is 0 Å². The van der Waals surface area contributed by atoms with Crippen molar-refractivity contribution in [2.45, 2.75) is 60.8 Å². The molecule has 0 fully saturated rings. The summed E-state index contributed by atoms with van der Waals surface area (Å²) in [7, 11) is 0. The van der Waals surface area contributed by atoms with Crippen LogP contribution in [-0.4, -0.2) is 21.1 Å². The third-order valence-electron chi connectivity index (χ3n) is 6.26. The lowest BCUT2D eigenvalue weighted by Crippen LogP contribution is -2.39. The van der Waals surface area contributed by atoms with Crippen LogP contribution in [0.2, 0.25) is 0 Å². The van der Waals surface area contributed by atoms with Crippen LogP contribution in [0.3, 0.4) is 0 Å². The second-order valence-corrected chi connectivity index (χ2v) is 9.81. The van der Waals surface area contributed by atoms with E-state index in [9.17, 15) is 20.1 Å². The number of rotatable bonds is 6. The Labute approximate surface area is 201 Å². The molecular formula is C29H34O5. The Morgan fingerprint density at radius 2 is 1.53 bits per heavy atom. The third-order valence-corrected chi connectivity index (χ3v) is 6.26. The Morgan fingerprint density at radius 3 is 2.06 bits per heavy atom. The minimum absolute atomic E-state index is 0.0916. The lowest BCUT2D eigenvalue weighted by molar-refractivity contribution is -0.125. The number of carbonyl (C=O) groups is 1. The number of aromatic hydroxyl groups is 2. The molecule has 1 aromatic carbocycles. The number of ketones is 1. The largest absolute Gasteiger partial charge is 0.507 e. The number of carbonyl (C=O) groups excluding carboxylic acids is 1. The van der Waals surface area contributed by atoms with Gasteiger partial charge in [0.2, 0.25) is 5.78 Å². The maximum atomic E-state index is 13.6. The van der Waals surface area contributed by atoms with Gasteiger partial charge in [0.05, 0.1) is 11.0 Å². The molecule has 3 N–H and O–H groups in total. The Balaban J connectivity index is 2.27. The molecule has 0 saturated carbocycles. The van der Waals surface area contributed by atoms with E-state index in [1.807, 2.05) is 59.8 Å². The van der Waals surface area contributed by atoms with Crippen molar-refractivity contribution >= 4 is 11.4 Å². The van der Waals surface area contributed by atoms with Crippen LogP contribution in [0.1, 0.15) is 65.5 Å². The number of fused-ring (bicyclic) bond motifs is 1. The van der Waals surface area contributed by atoms with Crippen LogP contribution in [0.25, 0.3) is 5.57 Å². The predicted octanol–water partition coefficient (Wildman–Crippen LogP) is 6.99. The maximum Gasteiger partial charge on any atom is 0.208 e. The molecule has 0 saturated heterocycles. The maximum absolute atomic E-state index is 13.6. The van der Waals surface area contributed by atoms with E-state index < -0.39 is 11.2 Å². The van der Waals surface area contributed by atoms with Crippen molar-refractivity contribution < 1.29 is 24.9 Å². The minimum Gasteiger partial charge on any atom is -0.507 e. The summed E-state index contributed by atoms with van der Waals surface area (Å²) in [6, 6.07) is 1.45. The first-order chi connectivity index (χ1) is 15.9. The van der Waals surface area contributed by atoms with Gasteiger partial charge in [-0.05, 0) is 66.4 Å². The molecule has 180 valence electrons. The zero-order valence-corrected chi connectivity index (χ0v) is 20.9. The number of allylic oxidation sites excluding steroid dienone is 10. The standard InChI is InChI=1S/C29H34O5/c1-16(2)8-9-20-21(30)14-23-25(27(20)32)19(7)26-24(34-23)15-22(31)28(33)29(26,12-10-17(3)4)13-11-18(5)6/h8,10-11,14-15,30-32H,7,9,12-13H2,1-6H3. The normalized spacial score (nSPS) is 16.1. The van der Waals surface area contributed by atoms with Gasteiger partial charge in [-0.25, -0.2) is 0 Å². The highest BCUT2D eigenvalue weighted by atomic mass is 16.5. The van der Waals surface area contributed by atoms with E-state index in [2.05, 4.69) is 6.58 Å². The number of hydrogen-bond donors (Lipinski definition) is 3. The molecule has 5 heteroatoms. The molecule has 2 aliphatic rings. The summed E-state index contributed by atoms with van der Waals surface area (Å²) in [6.07, 6.45) is 8.19. The fourth-order valence-corrected chi connectivity index (χ4v) is 4.40. The average molecular weight is 463 g/mol. The van der Waals surface area contributed by atoms with Crippen molar-refractivity contribution in [2.24, 2.45) is 5.41 Å². The van der Waals surface area contributed by atoms with E-state index in [1.165, 1.54) is 12.1 Å². The monoisotopic (exact) mass is 462 g/mol. The zero-order valence-electron chi connectivity index (χ0n) is 20.9. The first kappa shape index (κ1) is 25.2. The number of phenolic OH excluding ortho intramolecular Hbond substituents is 2. The third kappa shape index (κ3) is 4.47. The SMILES string of the molecule is C=C1C2=C(C=C(O)C(=O)C2(CC=C(C)C)CC=C(C)C)Oc2cc(O)c(CC=C(C)C)c(O)c21. The number of phenols is 2. The first-order valence-corrected chi connectivity index (χ1v) is 11.4. The Hall–Kier alpha value is -3.47. The minimum atomic E-state index is -1.14. The van der Waals surface area contributed by atoms with Crippen LogP contribution in [0.4, 0.5) is 0 Å². The average Bonchev–Trinajstić information content (AvgIpc) is 2.72. The van der Waals surface area contributed by atoms with Crippen LogP contribution in [0.5, 0.6) is 17.2 Å². The molecule has 5 nitrogen and oxygen atoms in total. The number of aliphatic hydroxyl groups is 1. The van der Waals surface area contributed by atoms with E-state index in [0.29, 0.717) is 47.3 Å². The lowest BCUT2D eigenvalue weighted by Gasteiger charge is -2.40. The molecule has 1 aliphatic heterocycles. The first-order valence-electron chi connectivity index (χ1n) is 11.4. The zero-order chi connectivity index (χ0) is 25.4. The van der Waals surface area contributed by atoms with Gasteiger partial charge in [-0.1, -0.05) is 41.5 Å². The van der Waals surface area contributed by atoms with Gasteiger partial charge in [-0.15, -0.1) is 0 Å². The van der Waals surface area contributed by atoms with Gasteiger partial charge in [0.1, 0.15) is 23.0 Å². The van der Waals surface area contributed by atoms with Crippen molar-refractivity contribution in [2.75, 3.05) is 0 Å². The second kappa shape index (κ2) is 9.41. The molecule has 3 rings (SSSR count). The van der Waals surface area contributed by atoms with Crippen molar-refractivity contribution in [3.8, 4) is 17.2 Å². The second-order valence-electron chi connectivity index (χ2n) is 9.81. The molecule has 0 bridgehead atoms. The molecule has 0 amide bonds. The molecule has 0 atom stereocenters. The van der Waals surface area contributed by atoms with Gasteiger partial charge in [0, 0.05) is 23.3 Å². The fraction of sp³-hybridized carbons (Fsp3) is 0.345. The van der Waals surface area contributed by atoms with Crippen molar-refractivity contribution in [1.29, 1.82) is 0 Å². The Morgan fingerprint density at radius 1 is 0.971 bits per heavy atom. The summed E-state index contributed by atoms with van der Waals surface area (Å²) in [5, 5.41) is 32.4. The Bertz CT molecular complexity index is 1190. The molecule has 1 aliphatic carbocycles. The van der Waals surface area contributed by atoms with Crippen molar-refractivity contribution in [3.05, 3.63) is 81.9 Å². The van der Waals surface area contributed by atoms with Gasteiger partial charge >= 0.3 is 0 Å². The number of hydrogen-bond acceptors (Lipinski definition) is 5. The van der Waals surface area contributed by atoms with E-state index in [-0.39, 0.29) is 23.0 Å². The highest BCUT2D eigenvalue weighted by molar-refractivity contribution is 6.07. The summed E-state index contributed by atoms with van der Waals surface area (Å²) in [6.45, 7) is 16.0. The smallest absolute Gasteiger partial charge is 0.208 e. The summed E-state index contributed by atoms with van der Waals surface area (Å²) in [5.41, 5.74) is 3.73. The fourth-order valence-electron chi connectivity index (χ4n) is 4.40. The molecule has 1 heterocycles. The molecule has 0 spiro atoms. The summed E-state index contributed by atoms with van der Waals surface area (Å²) in [4.78, 5) is 13.6. The highest BCUT2D eigenvalue weighted by Gasteiger charge is 2.49. The lowest BCUT2D eigenvalue weighted by atomic mass is 9.64. The summed E-state index contributed by atoms with van der Waals surface area (Å²) in [5.74, 6) is -0.462. The summed E-state index contributed by atoms with van der Waals surface area (Å²) < 4.78 is 6.09. The van der Waals surface area contributed by atoms with Gasteiger partial charge in [-0.2, -0.15) is 0 Å². The summed E-state index contributed by atoms with van der Waals surface area (Å²) >= 11 is 0. The molecule has 1 aromatic rings. The van der Waals surface area contributed by atoms with Crippen LogP contribution in [0, 0.1) is 5.41 Å². The van der Waals surface area contributed by atoms with Crippen LogP contribution >= 0.6 is 0 Å². The van der Waals surface area contributed by atoms with Gasteiger partial charge in [0.15, 0.2) is 5.76 Å². The van der Waals surface area contributed by atoms with Crippen molar-refractivity contribution in [1.82, 2.24) is 0 Å².